The fraction of sp³-hybridized carbons (Fsp3) is 0.875. The van der Waals surface area contributed by atoms with Gasteiger partial charge < -0.3 is 5.11 Å². The van der Waals surface area contributed by atoms with Crippen LogP contribution in [-0.4, -0.2) is 11.1 Å². The summed E-state index contributed by atoms with van der Waals surface area (Å²) in [5.41, 5.74) is 0. The molecule has 0 radical (unpaired) electrons. The van der Waals surface area contributed by atoms with Gasteiger partial charge in [-0.15, -0.1) is 0 Å². The number of hydrogen-bond donors (Lipinski definition) is 1. The van der Waals surface area contributed by atoms with Crippen molar-refractivity contribution >= 4 is 5.97 Å². The summed E-state index contributed by atoms with van der Waals surface area (Å²) in [6, 6.07) is 0. The van der Waals surface area contributed by atoms with Crippen LogP contribution in [0.2, 0.25) is 0 Å². The zero-order chi connectivity index (χ0) is 7.56. The minimum absolute atomic E-state index is 0.0764. The third-order valence-corrected chi connectivity index (χ3v) is 2.16. The second-order valence-corrected chi connectivity index (χ2v) is 3.12. The Morgan fingerprint density at radius 1 is 1.70 bits per heavy atom. The van der Waals surface area contributed by atoms with Gasteiger partial charge in [0.25, 0.3) is 0 Å². The van der Waals surface area contributed by atoms with Gasteiger partial charge >= 0.3 is 5.97 Å². The number of aliphatic carboxylic acids is 1. The van der Waals surface area contributed by atoms with Gasteiger partial charge in [0, 0.05) is 0 Å². The van der Waals surface area contributed by atoms with Crippen molar-refractivity contribution in [3.05, 3.63) is 0 Å². The molecule has 0 saturated heterocycles. The van der Waals surface area contributed by atoms with Crippen molar-refractivity contribution in [1.29, 1.82) is 0 Å². The van der Waals surface area contributed by atoms with Crippen molar-refractivity contribution in [3.63, 3.8) is 0 Å². The van der Waals surface area contributed by atoms with Crippen LogP contribution >= 0.6 is 0 Å². The first-order valence-electron chi connectivity index (χ1n) is 3.96. The molecule has 2 nitrogen and oxygen atoms in total. The van der Waals surface area contributed by atoms with Crippen LogP contribution in [0, 0.1) is 11.8 Å². The van der Waals surface area contributed by atoms with E-state index in [0.717, 1.165) is 18.8 Å². The van der Waals surface area contributed by atoms with Gasteiger partial charge in [-0.2, -0.15) is 0 Å². The summed E-state index contributed by atoms with van der Waals surface area (Å²) in [6.45, 7) is 1.95. The molecule has 0 aromatic carbocycles. The number of carboxylic acids is 1. The first-order valence-corrected chi connectivity index (χ1v) is 3.96. The Hall–Kier alpha value is -0.530. The van der Waals surface area contributed by atoms with Gasteiger partial charge in [-0.05, 0) is 18.8 Å². The molecule has 1 saturated carbocycles. The van der Waals surface area contributed by atoms with E-state index in [9.17, 15) is 4.79 Å². The molecular weight excluding hydrogens is 128 g/mol. The maximum Gasteiger partial charge on any atom is 0.306 e. The Labute approximate surface area is 61.2 Å². The summed E-state index contributed by atoms with van der Waals surface area (Å²) in [7, 11) is 0. The van der Waals surface area contributed by atoms with Crippen LogP contribution in [0.4, 0.5) is 0 Å². The van der Waals surface area contributed by atoms with Crippen molar-refractivity contribution in [1.82, 2.24) is 0 Å². The molecule has 0 spiro atoms. The molecule has 1 N–H and O–H groups in total. The molecule has 0 aliphatic heterocycles. The Balaban J connectivity index is 2.24. The zero-order valence-electron chi connectivity index (χ0n) is 6.34. The standard InChI is InChI=1S/C8H14O2/c1-2-7(8(9)10)5-6-3-4-6/h6-7H,2-5H2,1H3,(H,9,10). The van der Waals surface area contributed by atoms with Gasteiger partial charge in [0.15, 0.2) is 0 Å². The first kappa shape index (κ1) is 7.58. The van der Waals surface area contributed by atoms with E-state index < -0.39 is 5.97 Å². The minimum Gasteiger partial charge on any atom is -0.481 e. The zero-order valence-corrected chi connectivity index (χ0v) is 6.34. The van der Waals surface area contributed by atoms with E-state index in [1.54, 1.807) is 0 Å². The van der Waals surface area contributed by atoms with E-state index in [0.29, 0.717) is 0 Å². The van der Waals surface area contributed by atoms with Gasteiger partial charge in [-0.25, -0.2) is 0 Å². The Kier molecular flexibility index (Phi) is 2.30. The average Bonchev–Trinajstić information content (AvgIpc) is 2.64. The normalized spacial score (nSPS) is 20.5. The van der Waals surface area contributed by atoms with Crippen LogP contribution in [0.25, 0.3) is 0 Å². The second kappa shape index (κ2) is 3.04. The van der Waals surface area contributed by atoms with E-state index in [-0.39, 0.29) is 5.92 Å². The molecule has 1 aliphatic carbocycles. The number of carboxylic acid groups (broad SMARTS) is 1. The molecule has 0 bridgehead atoms. The van der Waals surface area contributed by atoms with Crippen LogP contribution in [0.15, 0.2) is 0 Å². The fourth-order valence-corrected chi connectivity index (χ4v) is 1.20. The average molecular weight is 142 g/mol. The third-order valence-electron chi connectivity index (χ3n) is 2.16. The summed E-state index contributed by atoms with van der Waals surface area (Å²) in [6.07, 6.45) is 4.20. The lowest BCUT2D eigenvalue weighted by atomic mass is 10.00. The molecule has 2 heteroatoms. The van der Waals surface area contributed by atoms with Crippen molar-refractivity contribution in [2.45, 2.75) is 32.6 Å². The van der Waals surface area contributed by atoms with Crippen LogP contribution in [0.3, 0.4) is 0 Å². The highest BCUT2D eigenvalue weighted by molar-refractivity contribution is 5.69. The molecule has 1 fully saturated rings. The van der Waals surface area contributed by atoms with E-state index in [1.807, 2.05) is 6.92 Å². The van der Waals surface area contributed by atoms with Crippen molar-refractivity contribution in [2.24, 2.45) is 11.8 Å². The molecule has 1 aliphatic rings. The predicted octanol–water partition coefficient (Wildman–Crippen LogP) is 1.90. The highest BCUT2D eigenvalue weighted by Gasteiger charge is 2.27. The van der Waals surface area contributed by atoms with Crippen LogP contribution in [-0.2, 0) is 4.79 Å². The van der Waals surface area contributed by atoms with Crippen LogP contribution < -0.4 is 0 Å². The van der Waals surface area contributed by atoms with Crippen molar-refractivity contribution in [2.75, 3.05) is 0 Å². The Bertz CT molecular complexity index is 127. The molecular formula is C8H14O2. The monoisotopic (exact) mass is 142 g/mol. The largest absolute Gasteiger partial charge is 0.481 e. The maximum atomic E-state index is 10.5. The van der Waals surface area contributed by atoms with Gasteiger partial charge in [-0.1, -0.05) is 19.8 Å². The molecule has 1 atom stereocenters. The summed E-state index contributed by atoms with van der Waals surface area (Å²) < 4.78 is 0. The van der Waals surface area contributed by atoms with E-state index in [1.165, 1.54) is 12.8 Å². The third kappa shape index (κ3) is 2.01. The molecule has 0 aromatic heterocycles. The maximum absolute atomic E-state index is 10.5. The van der Waals surface area contributed by atoms with Crippen LogP contribution in [0.1, 0.15) is 32.6 Å². The first-order chi connectivity index (χ1) is 4.74. The molecule has 58 valence electrons. The topological polar surface area (TPSA) is 37.3 Å². The molecule has 0 amide bonds. The minimum atomic E-state index is -0.616. The Morgan fingerprint density at radius 3 is 2.60 bits per heavy atom. The lowest BCUT2D eigenvalue weighted by Gasteiger charge is -2.06. The summed E-state index contributed by atoms with van der Waals surface area (Å²) in [5.74, 6) is 0.0444. The SMILES string of the molecule is CCC(CC1CC1)C(=O)O. The summed E-state index contributed by atoms with van der Waals surface area (Å²) in [5, 5.41) is 8.65. The highest BCUT2D eigenvalue weighted by atomic mass is 16.4. The van der Waals surface area contributed by atoms with Crippen molar-refractivity contribution < 1.29 is 9.90 Å². The van der Waals surface area contributed by atoms with Crippen molar-refractivity contribution in [3.8, 4) is 0 Å². The van der Waals surface area contributed by atoms with Crippen LogP contribution in [0.5, 0.6) is 0 Å². The molecule has 1 unspecified atom stereocenters. The molecule has 0 aromatic rings. The lowest BCUT2D eigenvalue weighted by molar-refractivity contribution is -0.142. The number of hydrogen-bond acceptors (Lipinski definition) is 1. The van der Waals surface area contributed by atoms with E-state index in [4.69, 9.17) is 5.11 Å². The van der Waals surface area contributed by atoms with Gasteiger partial charge in [-0.3, -0.25) is 4.79 Å². The van der Waals surface area contributed by atoms with Gasteiger partial charge in [0.1, 0.15) is 0 Å². The predicted molar refractivity (Wildman–Crippen MR) is 38.8 cm³/mol. The second-order valence-electron chi connectivity index (χ2n) is 3.12. The van der Waals surface area contributed by atoms with E-state index in [2.05, 4.69) is 0 Å². The lowest BCUT2D eigenvalue weighted by Crippen LogP contribution is -2.12. The number of rotatable bonds is 4. The number of carbonyl (C=O) groups is 1. The van der Waals surface area contributed by atoms with Gasteiger partial charge in [0.2, 0.25) is 0 Å². The van der Waals surface area contributed by atoms with Gasteiger partial charge in [0.05, 0.1) is 5.92 Å². The van der Waals surface area contributed by atoms with E-state index >= 15 is 0 Å². The quantitative estimate of drug-likeness (QED) is 0.650. The molecule has 0 heterocycles. The summed E-state index contributed by atoms with van der Waals surface area (Å²) in [4.78, 5) is 10.5. The smallest absolute Gasteiger partial charge is 0.306 e. The molecule has 10 heavy (non-hydrogen) atoms. The fourth-order valence-electron chi connectivity index (χ4n) is 1.20. The Morgan fingerprint density at radius 2 is 2.30 bits per heavy atom. The summed E-state index contributed by atoms with van der Waals surface area (Å²) >= 11 is 0. The highest BCUT2D eigenvalue weighted by Crippen LogP contribution is 2.36. The molecule has 1 rings (SSSR count).